The zero-order valence-electron chi connectivity index (χ0n) is 9.86. The third kappa shape index (κ3) is 1.55. The van der Waals surface area contributed by atoms with Crippen LogP contribution in [0.4, 0.5) is 0 Å². The summed E-state index contributed by atoms with van der Waals surface area (Å²) >= 11 is 0. The predicted octanol–water partition coefficient (Wildman–Crippen LogP) is 2.81. The van der Waals surface area contributed by atoms with Gasteiger partial charge in [0.25, 0.3) is 0 Å². The van der Waals surface area contributed by atoms with E-state index in [4.69, 9.17) is 0 Å². The minimum Gasteiger partial charge on any atom is -0.357 e. The van der Waals surface area contributed by atoms with Crippen molar-refractivity contribution in [2.75, 3.05) is 7.05 Å². The highest BCUT2D eigenvalue weighted by atomic mass is 14.9. The van der Waals surface area contributed by atoms with Crippen LogP contribution in [0.25, 0.3) is 10.9 Å². The van der Waals surface area contributed by atoms with E-state index < -0.39 is 0 Å². The Labute approximate surface area is 90.7 Å². The molecule has 0 fully saturated rings. The Bertz CT molecular complexity index is 495. The lowest BCUT2D eigenvalue weighted by Gasteiger charge is -2.00. The molecule has 2 aromatic rings. The van der Waals surface area contributed by atoms with Gasteiger partial charge in [-0.2, -0.15) is 0 Å². The number of H-pyrrole nitrogens is 1. The van der Waals surface area contributed by atoms with Crippen LogP contribution in [-0.2, 0) is 6.54 Å². The van der Waals surface area contributed by atoms with Crippen molar-refractivity contribution in [3.63, 3.8) is 0 Å². The Kier molecular flexibility index (Phi) is 2.53. The summed E-state index contributed by atoms with van der Waals surface area (Å²) in [5.41, 5.74) is 6.64. The summed E-state index contributed by atoms with van der Waals surface area (Å²) in [7, 11) is 1.98. The normalized spacial score (nSPS) is 11.2. The van der Waals surface area contributed by atoms with Crippen molar-refractivity contribution in [3.8, 4) is 0 Å². The Morgan fingerprint density at radius 2 is 1.80 bits per heavy atom. The van der Waals surface area contributed by atoms with Crippen molar-refractivity contribution >= 4 is 10.9 Å². The number of fused-ring (bicyclic) bond motifs is 1. The van der Waals surface area contributed by atoms with Crippen LogP contribution in [0.3, 0.4) is 0 Å². The van der Waals surface area contributed by atoms with Crippen molar-refractivity contribution in [1.29, 1.82) is 0 Å². The van der Waals surface area contributed by atoms with Gasteiger partial charge >= 0.3 is 0 Å². The predicted molar refractivity (Wildman–Crippen MR) is 65.3 cm³/mol. The standard InChI is InChI=1S/C13H18N2/c1-8-5-6-9(2)13-12(8)10(3)11(15-13)7-14-4/h5-6,14-15H,7H2,1-4H3. The molecule has 0 radical (unpaired) electrons. The Morgan fingerprint density at radius 3 is 2.40 bits per heavy atom. The number of aromatic nitrogens is 1. The van der Waals surface area contributed by atoms with E-state index in [1.165, 1.54) is 33.3 Å². The second-order valence-corrected chi connectivity index (χ2v) is 4.21. The maximum Gasteiger partial charge on any atom is 0.0491 e. The largest absolute Gasteiger partial charge is 0.357 e. The molecule has 0 saturated carbocycles. The van der Waals surface area contributed by atoms with Gasteiger partial charge in [-0.1, -0.05) is 12.1 Å². The summed E-state index contributed by atoms with van der Waals surface area (Å²) in [6.45, 7) is 7.42. The van der Waals surface area contributed by atoms with Gasteiger partial charge in [0.15, 0.2) is 0 Å². The summed E-state index contributed by atoms with van der Waals surface area (Å²) in [4.78, 5) is 3.51. The first kappa shape index (κ1) is 10.2. The van der Waals surface area contributed by atoms with E-state index in [1.54, 1.807) is 0 Å². The third-order valence-electron chi connectivity index (χ3n) is 3.08. The van der Waals surface area contributed by atoms with Gasteiger partial charge in [-0.3, -0.25) is 0 Å². The molecule has 2 nitrogen and oxygen atoms in total. The second-order valence-electron chi connectivity index (χ2n) is 4.21. The lowest BCUT2D eigenvalue weighted by atomic mass is 10.0. The van der Waals surface area contributed by atoms with Gasteiger partial charge in [0.2, 0.25) is 0 Å². The van der Waals surface area contributed by atoms with Crippen LogP contribution in [0.15, 0.2) is 12.1 Å². The van der Waals surface area contributed by atoms with E-state index in [-0.39, 0.29) is 0 Å². The maximum atomic E-state index is 3.51. The first-order chi connectivity index (χ1) is 7.15. The molecule has 2 N–H and O–H groups in total. The van der Waals surface area contributed by atoms with Crippen LogP contribution in [0, 0.1) is 20.8 Å². The SMILES string of the molecule is CNCc1[nH]c2c(C)ccc(C)c2c1C. The lowest BCUT2D eigenvalue weighted by Crippen LogP contribution is -2.06. The van der Waals surface area contributed by atoms with Crippen molar-refractivity contribution in [3.05, 3.63) is 34.5 Å². The number of hydrogen-bond donors (Lipinski definition) is 2. The fraction of sp³-hybridized carbons (Fsp3) is 0.385. The summed E-state index contributed by atoms with van der Waals surface area (Å²) < 4.78 is 0. The summed E-state index contributed by atoms with van der Waals surface area (Å²) in [5.74, 6) is 0. The van der Waals surface area contributed by atoms with E-state index in [0.717, 1.165) is 6.54 Å². The van der Waals surface area contributed by atoms with Crippen molar-refractivity contribution < 1.29 is 0 Å². The Balaban J connectivity index is 2.75. The maximum absolute atomic E-state index is 3.51. The highest BCUT2D eigenvalue weighted by Gasteiger charge is 2.10. The van der Waals surface area contributed by atoms with E-state index >= 15 is 0 Å². The van der Waals surface area contributed by atoms with Crippen LogP contribution in [0.1, 0.15) is 22.4 Å². The molecular weight excluding hydrogens is 184 g/mol. The first-order valence-electron chi connectivity index (χ1n) is 5.37. The van der Waals surface area contributed by atoms with E-state index in [1.807, 2.05) is 7.05 Å². The molecule has 1 heterocycles. The van der Waals surface area contributed by atoms with Gasteiger partial charge in [-0.05, 0) is 44.5 Å². The third-order valence-corrected chi connectivity index (χ3v) is 3.08. The topological polar surface area (TPSA) is 27.8 Å². The molecule has 1 aromatic heterocycles. The number of aryl methyl sites for hydroxylation is 3. The smallest absolute Gasteiger partial charge is 0.0491 e. The molecular formula is C13H18N2. The number of aromatic amines is 1. The number of nitrogens with one attached hydrogen (secondary N) is 2. The number of rotatable bonds is 2. The van der Waals surface area contributed by atoms with Crippen LogP contribution in [0.2, 0.25) is 0 Å². The molecule has 15 heavy (non-hydrogen) atoms. The molecule has 80 valence electrons. The van der Waals surface area contributed by atoms with Crippen LogP contribution < -0.4 is 5.32 Å². The molecule has 2 rings (SSSR count). The fourth-order valence-electron chi connectivity index (χ4n) is 2.20. The Hall–Kier alpha value is -1.28. The molecule has 0 saturated heterocycles. The first-order valence-corrected chi connectivity index (χ1v) is 5.37. The van der Waals surface area contributed by atoms with Gasteiger partial charge < -0.3 is 10.3 Å². The molecule has 0 spiro atoms. The molecule has 0 aliphatic rings. The fourth-order valence-corrected chi connectivity index (χ4v) is 2.20. The van der Waals surface area contributed by atoms with Crippen molar-refractivity contribution in [1.82, 2.24) is 10.3 Å². The molecule has 0 atom stereocenters. The molecule has 1 aromatic carbocycles. The van der Waals surface area contributed by atoms with Crippen LogP contribution in [0.5, 0.6) is 0 Å². The van der Waals surface area contributed by atoms with Crippen molar-refractivity contribution in [2.45, 2.75) is 27.3 Å². The molecule has 0 amide bonds. The van der Waals surface area contributed by atoms with Gasteiger partial charge in [0.1, 0.15) is 0 Å². The zero-order valence-corrected chi connectivity index (χ0v) is 9.86. The van der Waals surface area contributed by atoms with Gasteiger partial charge in [-0.25, -0.2) is 0 Å². The molecule has 0 unspecified atom stereocenters. The highest BCUT2D eigenvalue weighted by molar-refractivity contribution is 5.89. The van der Waals surface area contributed by atoms with Crippen LogP contribution >= 0.6 is 0 Å². The van der Waals surface area contributed by atoms with Gasteiger partial charge in [0.05, 0.1) is 0 Å². The number of benzene rings is 1. The summed E-state index contributed by atoms with van der Waals surface area (Å²) in [5, 5.41) is 4.58. The van der Waals surface area contributed by atoms with Gasteiger partial charge in [-0.15, -0.1) is 0 Å². The number of hydrogen-bond acceptors (Lipinski definition) is 1. The van der Waals surface area contributed by atoms with Crippen molar-refractivity contribution in [2.24, 2.45) is 0 Å². The van der Waals surface area contributed by atoms with E-state index in [9.17, 15) is 0 Å². The average Bonchev–Trinajstić information content (AvgIpc) is 2.53. The summed E-state index contributed by atoms with van der Waals surface area (Å²) in [6, 6.07) is 4.37. The van der Waals surface area contributed by atoms with Crippen LogP contribution in [-0.4, -0.2) is 12.0 Å². The molecule has 0 aliphatic heterocycles. The summed E-state index contributed by atoms with van der Waals surface area (Å²) in [6.07, 6.45) is 0. The molecule has 0 aliphatic carbocycles. The van der Waals surface area contributed by atoms with Gasteiger partial charge in [0, 0.05) is 23.1 Å². The monoisotopic (exact) mass is 202 g/mol. The lowest BCUT2D eigenvalue weighted by molar-refractivity contribution is 0.794. The highest BCUT2D eigenvalue weighted by Crippen LogP contribution is 2.27. The van der Waals surface area contributed by atoms with E-state index in [0.29, 0.717) is 0 Å². The minimum absolute atomic E-state index is 0.902. The quantitative estimate of drug-likeness (QED) is 0.770. The second kappa shape index (κ2) is 3.70. The zero-order chi connectivity index (χ0) is 11.0. The minimum atomic E-state index is 0.902. The van der Waals surface area contributed by atoms with E-state index in [2.05, 4.69) is 43.2 Å². The molecule has 0 bridgehead atoms. The molecule has 2 heteroatoms. The average molecular weight is 202 g/mol. The Morgan fingerprint density at radius 1 is 1.13 bits per heavy atom.